The van der Waals surface area contributed by atoms with Crippen molar-refractivity contribution in [1.29, 1.82) is 0 Å². The van der Waals surface area contributed by atoms with E-state index in [4.69, 9.17) is 0 Å². The highest BCUT2D eigenvalue weighted by Gasteiger charge is 2.20. The van der Waals surface area contributed by atoms with Gasteiger partial charge in [0.05, 0.1) is 5.76 Å². The second kappa shape index (κ2) is 3.52. The summed E-state index contributed by atoms with van der Waals surface area (Å²) in [6, 6.07) is 0. The van der Waals surface area contributed by atoms with Gasteiger partial charge in [-0.05, 0) is 13.3 Å². The van der Waals surface area contributed by atoms with Gasteiger partial charge in [0, 0.05) is 24.8 Å². The minimum atomic E-state index is -0.0770. The molecule has 0 aromatic carbocycles. The van der Waals surface area contributed by atoms with Crippen LogP contribution in [-0.2, 0) is 9.59 Å². The topological polar surface area (TPSA) is 54.4 Å². The van der Waals surface area contributed by atoms with Gasteiger partial charge in [0.15, 0.2) is 5.78 Å². The molecule has 0 fully saturated rings. The predicted molar refractivity (Wildman–Crippen MR) is 43.8 cm³/mol. The lowest BCUT2D eigenvalue weighted by Crippen LogP contribution is -2.13. The summed E-state index contributed by atoms with van der Waals surface area (Å²) < 4.78 is 0. The molecule has 0 atom stereocenters. The zero-order chi connectivity index (χ0) is 9.14. The van der Waals surface area contributed by atoms with Crippen molar-refractivity contribution in [2.24, 2.45) is 0 Å². The Bertz CT molecular complexity index is 250. The number of aliphatic hydroxyl groups excluding tert-OH is 1. The van der Waals surface area contributed by atoms with E-state index in [1.807, 2.05) is 0 Å². The first-order chi connectivity index (χ1) is 5.61. The summed E-state index contributed by atoms with van der Waals surface area (Å²) in [6.07, 6.45) is 1.79. The first-order valence-electron chi connectivity index (χ1n) is 4.05. The van der Waals surface area contributed by atoms with Crippen molar-refractivity contribution >= 4 is 11.6 Å². The van der Waals surface area contributed by atoms with Crippen molar-refractivity contribution in [3.63, 3.8) is 0 Å². The number of hydrogen-bond acceptors (Lipinski definition) is 3. The second-order valence-electron chi connectivity index (χ2n) is 3.08. The minimum Gasteiger partial charge on any atom is -0.512 e. The lowest BCUT2D eigenvalue weighted by molar-refractivity contribution is -0.120. The van der Waals surface area contributed by atoms with Crippen LogP contribution in [0.3, 0.4) is 0 Å². The van der Waals surface area contributed by atoms with Crippen LogP contribution in [0.15, 0.2) is 11.3 Å². The van der Waals surface area contributed by atoms with Crippen LogP contribution in [0.25, 0.3) is 0 Å². The van der Waals surface area contributed by atoms with Crippen molar-refractivity contribution < 1.29 is 14.7 Å². The molecule has 1 aliphatic rings. The fraction of sp³-hybridized carbons (Fsp3) is 0.556. The molecule has 0 aliphatic heterocycles. The smallest absolute Gasteiger partial charge is 0.162 e. The molecule has 12 heavy (non-hydrogen) atoms. The fourth-order valence-electron chi connectivity index (χ4n) is 1.33. The molecular formula is C9H12O3. The molecule has 3 heteroatoms. The maximum atomic E-state index is 11.2. The summed E-state index contributed by atoms with van der Waals surface area (Å²) >= 11 is 0. The third-order valence-electron chi connectivity index (χ3n) is 1.93. The van der Waals surface area contributed by atoms with Gasteiger partial charge in [-0.15, -0.1) is 0 Å². The quantitative estimate of drug-likeness (QED) is 0.680. The number of ketones is 2. The van der Waals surface area contributed by atoms with E-state index in [2.05, 4.69) is 0 Å². The normalized spacial score (nSPS) is 18.2. The van der Waals surface area contributed by atoms with E-state index in [1.165, 1.54) is 6.92 Å². The van der Waals surface area contributed by atoms with Crippen LogP contribution in [0.2, 0.25) is 0 Å². The van der Waals surface area contributed by atoms with Crippen LogP contribution in [0.1, 0.15) is 32.6 Å². The van der Waals surface area contributed by atoms with E-state index in [9.17, 15) is 14.7 Å². The Morgan fingerprint density at radius 1 is 1.50 bits per heavy atom. The Kier molecular flexibility index (Phi) is 2.63. The Labute approximate surface area is 71.1 Å². The summed E-state index contributed by atoms with van der Waals surface area (Å²) in [5, 5.41) is 9.29. The van der Waals surface area contributed by atoms with Gasteiger partial charge in [-0.3, -0.25) is 9.59 Å². The van der Waals surface area contributed by atoms with Crippen molar-refractivity contribution in [3.8, 4) is 0 Å². The van der Waals surface area contributed by atoms with Crippen molar-refractivity contribution in [2.75, 3.05) is 0 Å². The van der Waals surface area contributed by atoms with E-state index >= 15 is 0 Å². The van der Waals surface area contributed by atoms with E-state index < -0.39 is 0 Å². The first kappa shape index (κ1) is 8.97. The minimum absolute atomic E-state index is 0.0750. The highest BCUT2D eigenvalue weighted by atomic mass is 16.3. The molecule has 1 N–H and O–H groups in total. The second-order valence-corrected chi connectivity index (χ2v) is 3.08. The molecule has 0 spiro atoms. The number of carbonyl (C=O) groups excluding carboxylic acids is 2. The summed E-state index contributed by atoms with van der Waals surface area (Å²) in [4.78, 5) is 21.9. The molecule has 0 saturated heterocycles. The Hall–Kier alpha value is -1.12. The standard InChI is InChI=1S/C9H12O3/c1-6(10)5-7-8(11)3-2-4-9(7)12/h11H,2-5H2,1H3. The summed E-state index contributed by atoms with van der Waals surface area (Å²) in [6.45, 7) is 1.42. The van der Waals surface area contributed by atoms with Gasteiger partial charge in [-0.25, -0.2) is 0 Å². The van der Waals surface area contributed by atoms with Crippen LogP contribution in [0, 0.1) is 0 Å². The van der Waals surface area contributed by atoms with Gasteiger partial charge in [0.1, 0.15) is 5.78 Å². The molecule has 1 aliphatic carbocycles. The third-order valence-corrected chi connectivity index (χ3v) is 1.93. The van der Waals surface area contributed by atoms with Crippen LogP contribution in [0.4, 0.5) is 0 Å². The Morgan fingerprint density at radius 3 is 2.67 bits per heavy atom. The molecule has 3 nitrogen and oxygen atoms in total. The van der Waals surface area contributed by atoms with Gasteiger partial charge < -0.3 is 5.11 Å². The molecule has 0 unspecified atom stereocenters. The van der Waals surface area contributed by atoms with Crippen molar-refractivity contribution in [1.82, 2.24) is 0 Å². The SMILES string of the molecule is CC(=O)CC1=C(O)CCCC1=O. The molecule has 66 valence electrons. The van der Waals surface area contributed by atoms with Gasteiger partial charge >= 0.3 is 0 Å². The summed E-state index contributed by atoms with van der Waals surface area (Å²) in [5.41, 5.74) is 0.328. The molecule has 0 bridgehead atoms. The van der Waals surface area contributed by atoms with Crippen LogP contribution in [0.5, 0.6) is 0 Å². The maximum absolute atomic E-state index is 11.2. The summed E-state index contributed by atoms with van der Waals surface area (Å²) in [5.74, 6) is -0.0396. The average Bonchev–Trinajstić information content (AvgIpc) is 1.97. The van der Waals surface area contributed by atoms with Crippen LogP contribution in [-0.4, -0.2) is 16.7 Å². The molecule has 0 heterocycles. The number of rotatable bonds is 2. The van der Waals surface area contributed by atoms with E-state index in [1.54, 1.807) is 0 Å². The van der Waals surface area contributed by atoms with Crippen molar-refractivity contribution in [3.05, 3.63) is 11.3 Å². The first-order valence-corrected chi connectivity index (χ1v) is 4.05. The Morgan fingerprint density at radius 2 is 2.17 bits per heavy atom. The average molecular weight is 168 g/mol. The fourth-order valence-corrected chi connectivity index (χ4v) is 1.33. The van der Waals surface area contributed by atoms with Gasteiger partial charge in [-0.1, -0.05) is 0 Å². The van der Waals surface area contributed by atoms with Crippen LogP contribution >= 0.6 is 0 Å². The van der Waals surface area contributed by atoms with E-state index in [-0.39, 0.29) is 23.7 Å². The number of aliphatic hydroxyl groups is 1. The zero-order valence-electron chi connectivity index (χ0n) is 7.09. The number of allylic oxidation sites excluding steroid dienone is 2. The van der Waals surface area contributed by atoms with Gasteiger partial charge in [0.2, 0.25) is 0 Å². The number of Topliss-reactive ketones (excluding diaryl/α,β-unsaturated/α-hetero) is 2. The molecule has 0 amide bonds. The molecule has 0 aromatic rings. The Balaban J connectivity index is 2.81. The maximum Gasteiger partial charge on any atom is 0.162 e. The molecule has 0 radical (unpaired) electrons. The highest BCUT2D eigenvalue weighted by Crippen LogP contribution is 2.22. The van der Waals surface area contributed by atoms with Crippen LogP contribution < -0.4 is 0 Å². The van der Waals surface area contributed by atoms with Gasteiger partial charge in [-0.2, -0.15) is 0 Å². The summed E-state index contributed by atoms with van der Waals surface area (Å²) in [7, 11) is 0. The number of carbonyl (C=O) groups is 2. The van der Waals surface area contributed by atoms with Gasteiger partial charge in [0.25, 0.3) is 0 Å². The highest BCUT2D eigenvalue weighted by molar-refractivity contribution is 6.01. The number of hydrogen-bond donors (Lipinski definition) is 1. The molecule has 1 rings (SSSR count). The third kappa shape index (κ3) is 1.94. The monoisotopic (exact) mass is 168 g/mol. The van der Waals surface area contributed by atoms with Crippen molar-refractivity contribution in [2.45, 2.75) is 32.6 Å². The molecular weight excluding hydrogens is 156 g/mol. The lowest BCUT2D eigenvalue weighted by Gasteiger charge is -2.13. The van der Waals surface area contributed by atoms with E-state index in [0.717, 1.165) is 0 Å². The molecule has 0 saturated carbocycles. The predicted octanol–water partition coefficient (Wildman–Crippen LogP) is 1.53. The largest absolute Gasteiger partial charge is 0.512 e. The van der Waals surface area contributed by atoms with E-state index in [0.29, 0.717) is 24.8 Å². The lowest BCUT2D eigenvalue weighted by atomic mass is 9.93. The zero-order valence-corrected chi connectivity index (χ0v) is 7.09. The molecule has 0 aromatic heterocycles.